The molecule has 91 valence electrons. The summed E-state index contributed by atoms with van der Waals surface area (Å²) in [6, 6.07) is 16.1. The minimum absolute atomic E-state index is 0.169. The van der Waals surface area contributed by atoms with Gasteiger partial charge in [-0.15, -0.1) is 0 Å². The van der Waals surface area contributed by atoms with Crippen LogP contribution in [-0.2, 0) is 19.5 Å². The van der Waals surface area contributed by atoms with Gasteiger partial charge in [0.15, 0.2) is 0 Å². The van der Waals surface area contributed by atoms with Crippen molar-refractivity contribution in [2.45, 2.75) is 19.5 Å². The van der Waals surface area contributed by atoms with Gasteiger partial charge in [-0.05, 0) is 47.4 Å². The molecular weight excluding hydrogens is 225 g/mol. The van der Waals surface area contributed by atoms with Crippen molar-refractivity contribution in [1.29, 1.82) is 0 Å². The molecule has 1 aliphatic rings. The van der Waals surface area contributed by atoms with Crippen LogP contribution in [0.5, 0.6) is 0 Å². The number of hydrogen-bond donors (Lipinski definition) is 0. The molecule has 0 aromatic heterocycles. The predicted molar refractivity (Wildman–Crippen MR) is 69.5 cm³/mol. The zero-order chi connectivity index (χ0) is 12.4. The van der Waals surface area contributed by atoms with Gasteiger partial charge in [0.2, 0.25) is 0 Å². The quantitative estimate of drug-likeness (QED) is 0.779. The Hall–Kier alpha value is -1.67. The Labute approximate surface area is 107 Å². The topological polar surface area (TPSA) is 3.24 Å². The molecule has 1 radical (unpaired) electrons. The predicted octanol–water partition coefficient (Wildman–Crippen LogP) is 3.18. The lowest BCUT2D eigenvalue weighted by Crippen LogP contribution is -2.29. The minimum Gasteiger partial charge on any atom is -0.294 e. The van der Waals surface area contributed by atoms with Crippen LogP contribution in [0.1, 0.15) is 16.7 Å². The summed E-state index contributed by atoms with van der Waals surface area (Å²) in [5.41, 5.74) is 3.97. The summed E-state index contributed by atoms with van der Waals surface area (Å²) in [7, 11) is 0. The Morgan fingerprint density at radius 2 is 1.94 bits per heavy atom. The Bertz CT molecular complexity index is 533. The van der Waals surface area contributed by atoms with E-state index in [1.54, 1.807) is 0 Å². The number of nitrogens with zero attached hydrogens (tertiary/aromatic N) is 1. The van der Waals surface area contributed by atoms with Gasteiger partial charge in [0.05, 0.1) is 0 Å². The molecule has 2 aromatic carbocycles. The second kappa shape index (κ2) is 4.91. The van der Waals surface area contributed by atoms with E-state index in [1.807, 2.05) is 18.2 Å². The SMILES string of the molecule is Fc1ccc(CN2CCc3cc[c]cc3C2)cc1. The molecule has 0 fully saturated rings. The largest absolute Gasteiger partial charge is 0.294 e. The number of benzene rings is 2. The maximum atomic E-state index is 12.8. The normalized spacial score (nSPS) is 15.4. The first kappa shape index (κ1) is 11.4. The summed E-state index contributed by atoms with van der Waals surface area (Å²) in [5, 5.41) is 0. The van der Waals surface area contributed by atoms with Crippen LogP contribution in [0.25, 0.3) is 0 Å². The van der Waals surface area contributed by atoms with Gasteiger partial charge in [0.1, 0.15) is 5.82 Å². The van der Waals surface area contributed by atoms with E-state index in [-0.39, 0.29) is 5.82 Å². The highest BCUT2D eigenvalue weighted by molar-refractivity contribution is 5.28. The van der Waals surface area contributed by atoms with Crippen LogP contribution in [0.3, 0.4) is 0 Å². The Balaban J connectivity index is 1.71. The lowest BCUT2D eigenvalue weighted by Gasteiger charge is -2.28. The molecule has 0 atom stereocenters. The second-order valence-electron chi connectivity index (χ2n) is 4.78. The van der Waals surface area contributed by atoms with Crippen molar-refractivity contribution in [3.8, 4) is 0 Å². The number of fused-ring (bicyclic) bond motifs is 1. The van der Waals surface area contributed by atoms with E-state index in [0.717, 1.165) is 26.1 Å². The fraction of sp³-hybridized carbons (Fsp3) is 0.250. The molecule has 0 aliphatic carbocycles. The van der Waals surface area contributed by atoms with Crippen LogP contribution >= 0.6 is 0 Å². The minimum atomic E-state index is -0.169. The zero-order valence-electron chi connectivity index (χ0n) is 10.2. The van der Waals surface area contributed by atoms with Gasteiger partial charge >= 0.3 is 0 Å². The zero-order valence-corrected chi connectivity index (χ0v) is 10.2. The molecule has 0 bridgehead atoms. The lowest BCUT2D eigenvalue weighted by molar-refractivity contribution is 0.245. The van der Waals surface area contributed by atoms with Crippen LogP contribution in [0.15, 0.2) is 42.5 Å². The molecule has 0 saturated carbocycles. The molecule has 1 heterocycles. The molecule has 0 spiro atoms. The summed E-state index contributed by atoms with van der Waals surface area (Å²) in [5.74, 6) is -0.169. The van der Waals surface area contributed by atoms with E-state index < -0.39 is 0 Å². The lowest BCUT2D eigenvalue weighted by atomic mass is 9.99. The smallest absolute Gasteiger partial charge is 0.123 e. The number of hydrogen-bond acceptors (Lipinski definition) is 1. The third-order valence-corrected chi connectivity index (χ3v) is 3.46. The van der Waals surface area contributed by atoms with Gasteiger partial charge in [0, 0.05) is 19.6 Å². The average Bonchev–Trinajstić information content (AvgIpc) is 2.41. The van der Waals surface area contributed by atoms with Crippen molar-refractivity contribution in [3.63, 3.8) is 0 Å². The molecular formula is C16H15FN. The van der Waals surface area contributed by atoms with E-state index in [4.69, 9.17) is 0 Å². The van der Waals surface area contributed by atoms with Crippen molar-refractivity contribution in [2.24, 2.45) is 0 Å². The average molecular weight is 240 g/mol. The molecule has 0 unspecified atom stereocenters. The summed E-state index contributed by atoms with van der Waals surface area (Å²) < 4.78 is 12.8. The first-order valence-electron chi connectivity index (χ1n) is 6.26. The van der Waals surface area contributed by atoms with Gasteiger partial charge in [0.25, 0.3) is 0 Å². The molecule has 1 aliphatic heterocycles. The van der Waals surface area contributed by atoms with Crippen LogP contribution in [-0.4, -0.2) is 11.4 Å². The highest BCUT2D eigenvalue weighted by Crippen LogP contribution is 2.20. The van der Waals surface area contributed by atoms with Crippen molar-refractivity contribution in [3.05, 3.63) is 71.0 Å². The first-order valence-corrected chi connectivity index (χ1v) is 6.26. The monoisotopic (exact) mass is 240 g/mol. The molecule has 1 nitrogen and oxygen atoms in total. The van der Waals surface area contributed by atoms with Crippen molar-refractivity contribution >= 4 is 0 Å². The van der Waals surface area contributed by atoms with Crippen molar-refractivity contribution in [2.75, 3.05) is 6.54 Å². The fourth-order valence-corrected chi connectivity index (χ4v) is 2.47. The maximum Gasteiger partial charge on any atom is 0.123 e. The van der Waals surface area contributed by atoms with Crippen LogP contribution in [0, 0.1) is 11.9 Å². The van der Waals surface area contributed by atoms with E-state index in [0.29, 0.717) is 0 Å². The molecule has 2 aromatic rings. The number of halogens is 1. The van der Waals surface area contributed by atoms with Crippen molar-refractivity contribution in [1.82, 2.24) is 4.90 Å². The summed E-state index contributed by atoms with van der Waals surface area (Å²) in [6.45, 7) is 2.91. The van der Waals surface area contributed by atoms with Crippen LogP contribution < -0.4 is 0 Å². The van der Waals surface area contributed by atoms with Gasteiger partial charge < -0.3 is 0 Å². The third kappa shape index (κ3) is 2.44. The van der Waals surface area contributed by atoms with Crippen LogP contribution in [0.2, 0.25) is 0 Å². The Kier molecular flexibility index (Phi) is 3.11. The first-order chi connectivity index (χ1) is 8.81. The van der Waals surface area contributed by atoms with E-state index in [1.165, 1.54) is 28.8 Å². The standard InChI is InChI=1S/C16H15FN/c17-16-7-5-13(6-8-16)11-18-10-9-14-3-1-2-4-15(14)12-18/h1,3-8H,9-12H2. The molecule has 3 rings (SSSR count). The molecule has 2 heteroatoms. The maximum absolute atomic E-state index is 12.8. The van der Waals surface area contributed by atoms with Gasteiger partial charge in [-0.3, -0.25) is 4.90 Å². The summed E-state index contributed by atoms with van der Waals surface area (Å²) >= 11 is 0. The summed E-state index contributed by atoms with van der Waals surface area (Å²) in [6.07, 6.45) is 1.09. The molecule has 0 saturated heterocycles. The van der Waals surface area contributed by atoms with Gasteiger partial charge in [-0.1, -0.05) is 24.3 Å². The van der Waals surface area contributed by atoms with Crippen molar-refractivity contribution < 1.29 is 4.39 Å². The van der Waals surface area contributed by atoms with Crippen LogP contribution in [0.4, 0.5) is 4.39 Å². The Morgan fingerprint density at radius 1 is 1.11 bits per heavy atom. The number of rotatable bonds is 2. The second-order valence-corrected chi connectivity index (χ2v) is 4.78. The highest BCUT2D eigenvalue weighted by Gasteiger charge is 2.15. The molecule has 0 N–H and O–H groups in total. The Morgan fingerprint density at radius 3 is 2.78 bits per heavy atom. The van der Waals surface area contributed by atoms with E-state index in [2.05, 4.69) is 23.1 Å². The molecule has 0 amide bonds. The third-order valence-electron chi connectivity index (χ3n) is 3.46. The molecule has 18 heavy (non-hydrogen) atoms. The van der Waals surface area contributed by atoms with E-state index in [9.17, 15) is 4.39 Å². The van der Waals surface area contributed by atoms with Gasteiger partial charge in [-0.2, -0.15) is 0 Å². The van der Waals surface area contributed by atoms with Gasteiger partial charge in [-0.25, -0.2) is 4.39 Å². The summed E-state index contributed by atoms with van der Waals surface area (Å²) in [4.78, 5) is 2.39. The highest BCUT2D eigenvalue weighted by atomic mass is 19.1. The fourth-order valence-electron chi connectivity index (χ4n) is 2.47. The van der Waals surface area contributed by atoms with E-state index >= 15 is 0 Å².